The summed E-state index contributed by atoms with van der Waals surface area (Å²) in [6, 6.07) is 0. The summed E-state index contributed by atoms with van der Waals surface area (Å²) in [5.41, 5.74) is 0. The summed E-state index contributed by atoms with van der Waals surface area (Å²) in [6.45, 7) is -0.599. The van der Waals surface area contributed by atoms with Gasteiger partial charge in [0.1, 0.15) is 0 Å². The van der Waals surface area contributed by atoms with E-state index < -0.39 is 0 Å². The number of ketones is 1. The van der Waals surface area contributed by atoms with Crippen LogP contribution in [0.25, 0.3) is 0 Å². The SMILES string of the molecule is O=C1COC(=O)CCCCCCCCCCCC(=O)OC1. The summed E-state index contributed by atoms with van der Waals surface area (Å²) in [4.78, 5) is 34.2. The van der Waals surface area contributed by atoms with Gasteiger partial charge in [-0.3, -0.25) is 14.4 Å². The van der Waals surface area contributed by atoms with Gasteiger partial charge in [-0.1, -0.05) is 44.9 Å². The quantitative estimate of drug-likeness (QED) is 0.643. The zero-order valence-electron chi connectivity index (χ0n) is 12.7. The number of cyclic esters (lactones) is 2. The van der Waals surface area contributed by atoms with E-state index in [-0.39, 0.29) is 30.9 Å². The first kappa shape index (κ1) is 17.7. The molecule has 0 atom stereocenters. The molecule has 0 N–H and O–H groups in total. The highest BCUT2D eigenvalue weighted by molar-refractivity contribution is 5.85. The van der Waals surface area contributed by atoms with E-state index in [4.69, 9.17) is 9.47 Å². The highest BCUT2D eigenvalue weighted by Crippen LogP contribution is 2.12. The van der Waals surface area contributed by atoms with Crippen molar-refractivity contribution in [3.8, 4) is 0 Å². The molecule has 1 fully saturated rings. The maximum Gasteiger partial charge on any atom is 0.306 e. The molecule has 1 heterocycles. The summed E-state index contributed by atoms with van der Waals surface area (Å²) >= 11 is 0. The van der Waals surface area contributed by atoms with E-state index in [0.29, 0.717) is 12.8 Å². The van der Waals surface area contributed by atoms with E-state index in [2.05, 4.69) is 0 Å². The van der Waals surface area contributed by atoms with Gasteiger partial charge in [-0.2, -0.15) is 0 Å². The fourth-order valence-electron chi connectivity index (χ4n) is 2.28. The predicted octanol–water partition coefficient (Wildman–Crippen LogP) is 2.95. The molecule has 1 rings (SSSR count). The van der Waals surface area contributed by atoms with Crippen LogP contribution >= 0.6 is 0 Å². The molecular formula is C16H26O5. The molecule has 0 radical (unpaired) electrons. The van der Waals surface area contributed by atoms with Gasteiger partial charge in [0.15, 0.2) is 13.2 Å². The second kappa shape index (κ2) is 11.3. The van der Waals surface area contributed by atoms with Crippen molar-refractivity contribution in [2.45, 2.75) is 70.6 Å². The number of esters is 2. The van der Waals surface area contributed by atoms with Crippen molar-refractivity contribution in [3.05, 3.63) is 0 Å². The van der Waals surface area contributed by atoms with E-state index in [1.165, 1.54) is 19.3 Å². The van der Waals surface area contributed by atoms with Gasteiger partial charge in [0.05, 0.1) is 0 Å². The van der Waals surface area contributed by atoms with Gasteiger partial charge in [-0.25, -0.2) is 0 Å². The molecule has 1 aliphatic rings. The number of rotatable bonds is 0. The van der Waals surface area contributed by atoms with Crippen LogP contribution < -0.4 is 0 Å². The molecule has 120 valence electrons. The van der Waals surface area contributed by atoms with Crippen LogP contribution in [-0.2, 0) is 23.9 Å². The molecule has 0 aromatic carbocycles. The van der Waals surface area contributed by atoms with Crippen LogP contribution in [0.1, 0.15) is 70.6 Å². The summed E-state index contributed by atoms with van der Waals surface area (Å²) in [5.74, 6) is -1.08. The molecule has 5 nitrogen and oxygen atoms in total. The Hall–Kier alpha value is -1.39. The summed E-state index contributed by atoms with van der Waals surface area (Å²) < 4.78 is 9.71. The predicted molar refractivity (Wildman–Crippen MR) is 77.7 cm³/mol. The standard InChI is InChI=1S/C16H26O5/c17-14-12-20-15(18)10-8-6-4-2-1-3-5-7-9-11-16(19)21-13-14/h1-13H2. The van der Waals surface area contributed by atoms with Crippen molar-refractivity contribution >= 4 is 17.7 Å². The van der Waals surface area contributed by atoms with Crippen LogP contribution in [0.15, 0.2) is 0 Å². The monoisotopic (exact) mass is 298 g/mol. The van der Waals surface area contributed by atoms with Crippen molar-refractivity contribution in [2.75, 3.05) is 13.2 Å². The molecule has 5 heteroatoms. The minimum atomic E-state index is -0.377. The van der Waals surface area contributed by atoms with Crippen LogP contribution in [0.4, 0.5) is 0 Å². The molecule has 1 saturated heterocycles. The molecule has 0 saturated carbocycles. The Bertz CT molecular complexity index is 308. The number of hydrogen-bond acceptors (Lipinski definition) is 5. The van der Waals surface area contributed by atoms with Crippen LogP contribution in [0, 0.1) is 0 Å². The van der Waals surface area contributed by atoms with Crippen LogP contribution in [0.5, 0.6) is 0 Å². The van der Waals surface area contributed by atoms with E-state index >= 15 is 0 Å². The molecule has 0 unspecified atom stereocenters. The maximum atomic E-state index is 11.4. The molecule has 1 aliphatic heterocycles. The Kier molecular flexibility index (Phi) is 9.49. The van der Waals surface area contributed by atoms with Crippen molar-refractivity contribution in [1.82, 2.24) is 0 Å². The number of carbonyl (C=O) groups is 3. The van der Waals surface area contributed by atoms with Crippen LogP contribution in [0.2, 0.25) is 0 Å². The minimum absolute atomic E-state index is 0.299. The Morgan fingerprint density at radius 2 is 0.857 bits per heavy atom. The number of Topliss-reactive ketones (excluding diaryl/α,β-unsaturated/α-hetero) is 1. The zero-order valence-corrected chi connectivity index (χ0v) is 12.7. The molecule has 0 aromatic rings. The van der Waals surface area contributed by atoms with E-state index in [0.717, 1.165) is 38.5 Å². The summed E-state index contributed by atoms with van der Waals surface area (Å²) in [5, 5.41) is 0. The molecule has 0 aliphatic carbocycles. The molecular weight excluding hydrogens is 272 g/mol. The average Bonchev–Trinajstić information content (AvgIpc) is 2.47. The van der Waals surface area contributed by atoms with Crippen LogP contribution in [0.3, 0.4) is 0 Å². The third-order valence-corrected chi connectivity index (χ3v) is 3.55. The Labute approximate surface area is 126 Å². The lowest BCUT2D eigenvalue weighted by Crippen LogP contribution is -2.20. The first-order valence-electron chi connectivity index (χ1n) is 8.01. The van der Waals surface area contributed by atoms with Crippen LogP contribution in [-0.4, -0.2) is 30.9 Å². The third-order valence-electron chi connectivity index (χ3n) is 3.55. The Morgan fingerprint density at radius 1 is 0.524 bits per heavy atom. The van der Waals surface area contributed by atoms with E-state index in [1.807, 2.05) is 0 Å². The molecule has 0 amide bonds. The first-order valence-corrected chi connectivity index (χ1v) is 8.01. The third kappa shape index (κ3) is 10.0. The van der Waals surface area contributed by atoms with Gasteiger partial charge in [0.25, 0.3) is 0 Å². The molecule has 0 spiro atoms. The molecule has 0 aromatic heterocycles. The zero-order chi connectivity index (χ0) is 15.3. The summed E-state index contributed by atoms with van der Waals surface area (Å²) in [6.07, 6.45) is 10.2. The fraction of sp³-hybridized carbons (Fsp3) is 0.812. The average molecular weight is 298 g/mol. The topological polar surface area (TPSA) is 69.7 Å². The van der Waals surface area contributed by atoms with Crippen molar-refractivity contribution in [2.24, 2.45) is 0 Å². The second-order valence-corrected chi connectivity index (χ2v) is 5.54. The minimum Gasteiger partial charge on any atom is -0.458 e. The van der Waals surface area contributed by atoms with Crippen molar-refractivity contribution in [1.29, 1.82) is 0 Å². The number of ether oxygens (including phenoxy) is 2. The largest absolute Gasteiger partial charge is 0.458 e. The number of hydrogen-bond donors (Lipinski definition) is 0. The van der Waals surface area contributed by atoms with E-state index in [9.17, 15) is 14.4 Å². The fourth-order valence-corrected chi connectivity index (χ4v) is 2.28. The maximum absolute atomic E-state index is 11.4. The normalized spacial score (nSPS) is 21.8. The smallest absolute Gasteiger partial charge is 0.306 e. The van der Waals surface area contributed by atoms with Gasteiger partial charge in [0, 0.05) is 12.8 Å². The number of carbonyl (C=O) groups excluding carboxylic acids is 3. The van der Waals surface area contributed by atoms with E-state index in [1.54, 1.807) is 0 Å². The second-order valence-electron chi connectivity index (χ2n) is 5.54. The lowest BCUT2D eigenvalue weighted by molar-refractivity contribution is -0.153. The lowest BCUT2D eigenvalue weighted by Gasteiger charge is -2.07. The van der Waals surface area contributed by atoms with Gasteiger partial charge < -0.3 is 9.47 Å². The van der Waals surface area contributed by atoms with Gasteiger partial charge in [-0.05, 0) is 12.8 Å². The summed E-state index contributed by atoms with van der Waals surface area (Å²) in [7, 11) is 0. The first-order chi connectivity index (χ1) is 10.2. The Morgan fingerprint density at radius 3 is 1.24 bits per heavy atom. The van der Waals surface area contributed by atoms with Crippen molar-refractivity contribution in [3.63, 3.8) is 0 Å². The van der Waals surface area contributed by atoms with Gasteiger partial charge in [-0.15, -0.1) is 0 Å². The highest BCUT2D eigenvalue weighted by Gasteiger charge is 2.11. The highest BCUT2D eigenvalue weighted by atomic mass is 16.6. The molecule has 21 heavy (non-hydrogen) atoms. The Balaban J connectivity index is 2.31. The van der Waals surface area contributed by atoms with Crippen molar-refractivity contribution < 1.29 is 23.9 Å². The van der Waals surface area contributed by atoms with Gasteiger partial charge >= 0.3 is 11.9 Å². The van der Waals surface area contributed by atoms with Gasteiger partial charge in [0.2, 0.25) is 5.78 Å². The lowest BCUT2D eigenvalue weighted by atomic mass is 10.1. The molecule has 0 bridgehead atoms.